The molecule has 1 amide bonds. The van der Waals surface area contributed by atoms with Crippen molar-refractivity contribution in [2.45, 2.75) is 25.8 Å². The monoisotopic (exact) mass is 726 g/mol. The van der Waals surface area contributed by atoms with Crippen LogP contribution in [-0.2, 0) is 9.53 Å². The van der Waals surface area contributed by atoms with Gasteiger partial charge in [-0.25, -0.2) is 9.97 Å². The average Bonchev–Trinajstić information content (AvgIpc) is 3.73. The van der Waals surface area contributed by atoms with Crippen LogP contribution in [0.5, 0.6) is 0 Å². The van der Waals surface area contributed by atoms with Gasteiger partial charge < -0.3 is 24.5 Å². The number of nitrogens with zero attached hydrogens (tertiary/aromatic N) is 4. The minimum Gasteiger partial charge on any atom is -0.469 e. The van der Waals surface area contributed by atoms with Crippen LogP contribution >= 0.6 is 34.8 Å². The predicted molar refractivity (Wildman–Crippen MR) is 199 cm³/mol. The van der Waals surface area contributed by atoms with E-state index in [0.717, 1.165) is 22.2 Å². The van der Waals surface area contributed by atoms with Gasteiger partial charge >= 0.3 is 5.97 Å². The van der Waals surface area contributed by atoms with Gasteiger partial charge in [-0.15, -0.1) is 0 Å². The Morgan fingerprint density at radius 3 is 2.42 bits per heavy atom. The molecule has 0 bridgehead atoms. The van der Waals surface area contributed by atoms with Gasteiger partial charge in [-0.05, 0) is 61.7 Å². The van der Waals surface area contributed by atoms with E-state index >= 15 is 0 Å². The highest BCUT2D eigenvalue weighted by atomic mass is 35.5. The van der Waals surface area contributed by atoms with E-state index in [1.165, 1.54) is 7.11 Å². The number of aromatic nitrogens is 4. The van der Waals surface area contributed by atoms with Crippen LogP contribution in [0.4, 0.5) is 11.5 Å². The summed E-state index contributed by atoms with van der Waals surface area (Å²) < 4.78 is 7.00. The number of piperidine rings is 1. The number of nitrogens with one attached hydrogen (secondary N) is 2. The summed E-state index contributed by atoms with van der Waals surface area (Å²) in [5.41, 5.74) is 5.39. The molecule has 12 heteroatoms. The Balaban J connectivity index is 1.35. The first-order valence-electron chi connectivity index (χ1n) is 16.2. The Morgan fingerprint density at radius 2 is 1.68 bits per heavy atom. The van der Waals surface area contributed by atoms with E-state index in [1.807, 2.05) is 72.2 Å². The summed E-state index contributed by atoms with van der Waals surface area (Å²) in [6.07, 6.45) is 4.74. The number of pyridine rings is 1. The quantitative estimate of drug-likeness (QED) is 0.152. The fourth-order valence-corrected chi connectivity index (χ4v) is 7.45. The van der Waals surface area contributed by atoms with Crippen LogP contribution in [0, 0.1) is 5.92 Å². The van der Waals surface area contributed by atoms with Gasteiger partial charge in [0.05, 0.1) is 42.5 Å². The van der Waals surface area contributed by atoms with Crippen LogP contribution in [0.1, 0.15) is 41.9 Å². The van der Waals surface area contributed by atoms with Crippen molar-refractivity contribution in [3.8, 4) is 22.5 Å². The lowest BCUT2D eigenvalue weighted by atomic mass is 9.97. The van der Waals surface area contributed by atoms with Crippen LogP contribution < -0.4 is 10.2 Å². The first-order chi connectivity index (χ1) is 24.2. The zero-order chi connectivity index (χ0) is 34.9. The van der Waals surface area contributed by atoms with Crippen LogP contribution in [0.15, 0.2) is 91.4 Å². The zero-order valence-corrected chi connectivity index (χ0v) is 29.6. The Bertz CT molecular complexity index is 2210. The second-order valence-corrected chi connectivity index (χ2v) is 13.5. The molecule has 3 aromatic carbocycles. The van der Waals surface area contributed by atoms with Gasteiger partial charge in [0.1, 0.15) is 5.69 Å². The van der Waals surface area contributed by atoms with Gasteiger partial charge in [-0.3, -0.25) is 9.59 Å². The van der Waals surface area contributed by atoms with Crippen LogP contribution in [0.25, 0.3) is 33.4 Å². The Morgan fingerprint density at radius 1 is 0.940 bits per heavy atom. The minimum atomic E-state index is -0.366. The number of hydrogen-bond acceptors (Lipinski definition) is 6. The number of anilines is 2. The van der Waals surface area contributed by atoms with Crippen LogP contribution in [0.2, 0.25) is 15.1 Å². The minimum absolute atomic E-state index is 0.160. The van der Waals surface area contributed by atoms with Gasteiger partial charge in [-0.2, -0.15) is 0 Å². The molecule has 1 atom stereocenters. The molecule has 2 N–H and O–H groups in total. The molecule has 9 nitrogen and oxygen atoms in total. The van der Waals surface area contributed by atoms with Crippen LogP contribution in [-0.4, -0.2) is 51.6 Å². The topological polar surface area (TPSA) is 105 Å². The number of methoxy groups -OCH3 is 1. The van der Waals surface area contributed by atoms with Crippen molar-refractivity contribution in [1.82, 2.24) is 19.5 Å². The van der Waals surface area contributed by atoms with Crippen molar-refractivity contribution in [2.75, 3.05) is 30.4 Å². The molecular weight excluding hydrogens is 695 g/mol. The van der Waals surface area contributed by atoms with E-state index < -0.39 is 0 Å². The summed E-state index contributed by atoms with van der Waals surface area (Å²) in [7, 11) is 1.41. The number of halogens is 3. The first kappa shape index (κ1) is 33.7. The predicted octanol–water partition coefficient (Wildman–Crippen LogP) is 9.30. The largest absolute Gasteiger partial charge is 0.469 e. The highest BCUT2D eigenvalue weighted by Crippen LogP contribution is 2.42. The summed E-state index contributed by atoms with van der Waals surface area (Å²) in [4.78, 5) is 41.7. The molecule has 1 saturated heterocycles. The van der Waals surface area contributed by atoms with E-state index in [9.17, 15) is 9.59 Å². The number of carbonyl (C=O) groups excluding carboxylic acids is 2. The molecule has 0 radical (unpaired) electrons. The van der Waals surface area contributed by atoms with E-state index in [2.05, 4.69) is 20.2 Å². The van der Waals surface area contributed by atoms with E-state index in [4.69, 9.17) is 44.5 Å². The molecule has 0 aliphatic carbocycles. The molecule has 50 heavy (non-hydrogen) atoms. The summed E-state index contributed by atoms with van der Waals surface area (Å²) in [6.45, 7) is 3.23. The fourth-order valence-electron chi connectivity index (χ4n) is 6.71. The number of H-pyrrole nitrogens is 1. The Kier molecular flexibility index (Phi) is 9.55. The number of benzene rings is 3. The summed E-state index contributed by atoms with van der Waals surface area (Å²) >= 11 is 19.5. The molecule has 0 spiro atoms. The lowest BCUT2D eigenvalue weighted by Gasteiger charge is -2.32. The average molecular weight is 728 g/mol. The maximum absolute atomic E-state index is 14.5. The number of hydrogen-bond donors (Lipinski definition) is 2. The smallest absolute Gasteiger partial charge is 0.308 e. The molecule has 6 aromatic rings. The zero-order valence-electron chi connectivity index (χ0n) is 27.3. The number of aromatic amines is 1. The van der Waals surface area contributed by atoms with Crippen molar-refractivity contribution in [1.29, 1.82) is 0 Å². The number of ether oxygens (including phenoxy) is 1. The lowest BCUT2D eigenvalue weighted by molar-refractivity contribution is -0.146. The lowest BCUT2D eigenvalue weighted by Crippen LogP contribution is -2.37. The fraction of sp³-hybridized carbons (Fsp3) is 0.211. The third-order valence-corrected chi connectivity index (χ3v) is 10.1. The van der Waals surface area contributed by atoms with Gasteiger partial charge in [-0.1, -0.05) is 77.3 Å². The van der Waals surface area contributed by atoms with E-state index in [-0.39, 0.29) is 23.8 Å². The number of rotatable bonds is 8. The van der Waals surface area contributed by atoms with E-state index in [1.54, 1.807) is 30.7 Å². The second-order valence-electron chi connectivity index (χ2n) is 12.2. The van der Waals surface area contributed by atoms with Crippen molar-refractivity contribution in [2.24, 2.45) is 5.92 Å². The number of amides is 1. The summed E-state index contributed by atoms with van der Waals surface area (Å²) in [5.74, 6) is -0.0965. The maximum atomic E-state index is 14.5. The Labute approximate surface area is 304 Å². The van der Waals surface area contributed by atoms with Crippen molar-refractivity contribution < 1.29 is 14.3 Å². The molecule has 7 rings (SSSR count). The van der Waals surface area contributed by atoms with Crippen LogP contribution in [0.3, 0.4) is 0 Å². The molecule has 0 unspecified atom stereocenters. The molecule has 1 aliphatic rings. The third kappa shape index (κ3) is 6.44. The highest BCUT2D eigenvalue weighted by Gasteiger charge is 2.30. The third-order valence-electron chi connectivity index (χ3n) is 9.26. The SMILES string of the molecule is COC(=O)C1CCN(c2ncccc2NC(=O)c2[nH]c3cc(Cl)ccc3c2-c2c(-c3ccccc3)ncn2[C@@H](C)c2ccc(Cl)cc2Cl)CC1. The summed E-state index contributed by atoms with van der Waals surface area (Å²) in [6, 6.07) is 24.1. The second kappa shape index (κ2) is 14.2. The van der Waals surface area contributed by atoms with Gasteiger partial charge in [0, 0.05) is 56.4 Å². The number of esters is 1. The number of carbonyl (C=O) groups is 2. The van der Waals surface area contributed by atoms with Crippen molar-refractivity contribution >= 4 is 69.1 Å². The van der Waals surface area contributed by atoms with Crippen molar-refractivity contribution in [3.05, 3.63) is 118 Å². The highest BCUT2D eigenvalue weighted by molar-refractivity contribution is 6.35. The standard InChI is InChI=1S/C38H33Cl3N6O3/c1-22(27-12-10-25(39)19-29(27)41)47-21-43-33(23-7-4-3-5-8-23)35(47)32-28-13-11-26(40)20-31(28)44-34(32)37(48)45-30-9-6-16-42-36(30)46-17-14-24(15-18-46)38(49)50-2/h3-13,16,19-22,24,44H,14-15,17-18H2,1-2H3,(H,45,48)/t22-/m0/s1. The maximum Gasteiger partial charge on any atom is 0.308 e. The molecule has 3 aromatic heterocycles. The summed E-state index contributed by atoms with van der Waals surface area (Å²) in [5, 5.41) is 5.52. The molecule has 1 fully saturated rings. The normalized spacial score (nSPS) is 14.1. The molecular formula is C38H33Cl3N6O3. The molecule has 4 heterocycles. The van der Waals surface area contributed by atoms with E-state index in [0.29, 0.717) is 75.0 Å². The molecule has 1 aliphatic heterocycles. The van der Waals surface area contributed by atoms with Crippen molar-refractivity contribution in [3.63, 3.8) is 0 Å². The number of fused-ring (bicyclic) bond motifs is 1. The number of imidazole rings is 1. The molecule has 0 saturated carbocycles. The van der Waals surface area contributed by atoms with Gasteiger partial charge in [0.15, 0.2) is 5.82 Å². The molecule has 254 valence electrons. The Hall–Kier alpha value is -4.83. The van der Waals surface area contributed by atoms with Gasteiger partial charge in [0.25, 0.3) is 5.91 Å². The van der Waals surface area contributed by atoms with Gasteiger partial charge in [0.2, 0.25) is 0 Å². The first-order valence-corrected chi connectivity index (χ1v) is 17.3.